The molecule has 1 unspecified atom stereocenters. The molecule has 9 rings (SSSR count). The monoisotopic (exact) mass is 613 g/mol. The van der Waals surface area contributed by atoms with Gasteiger partial charge >= 0.3 is 6.01 Å². The van der Waals surface area contributed by atoms with Crippen molar-refractivity contribution in [1.29, 1.82) is 0 Å². The number of aryl methyl sites for hydroxylation is 1. The van der Waals surface area contributed by atoms with Crippen molar-refractivity contribution >= 4 is 27.5 Å². The third-order valence-electron chi connectivity index (χ3n) is 11.0. The summed E-state index contributed by atoms with van der Waals surface area (Å²) in [5.41, 5.74) is 1.71. The Morgan fingerprint density at radius 2 is 2.04 bits per heavy atom. The molecule has 234 valence electrons. The zero-order chi connectivity index (χ0) is 30.4. The minimum absolute atomic E-state index is 0.0213. The van der Waals surface area contributed by atoms with Crippen LogP contribution in [0.5, 0.6) is 17.5 Å². The molecular weight excluding hydrogens is 576 g/mol. The Morgan fingerprint density at radius 3 is 2.93 bits per heavy atom. The molecule has 5 atom stereocenters. The van der Waals surface area contributed by atoms with Gasteiger partial charge in [-0.15, -0.1) is 0 Å². The lowest BCUT2D eigenvalue weighted by Crippen LogP contribution is -2.60. The van der Waals surface area contributed by atoms with Crippen LogP contribution in [0.4, 0.5) is 14.6 Å². The lowest BCUT2D eigenvalue weighted by Gasteiger charge is -2.40. The van der Waals surface area contributed by atoms with E-state index >= 15 is 4.39 Å². The lowest BCUT2D eigenvalue weighted by atomic mass is 9.92. The maximum atomic E-state index is 17.1. The number of aromatic hydroxyl groups is 1. The molecule has 0 saturated carbocycles. The fourth-order valence-corrected chi connectivity index (χ4v) is 8.95. The highest BCUT2D eigenvalue weighted by Crippen LogP contribution is 2.47. The van der Waals surface area contributed by atoms with E-state index in [9.17, 15) is 9.50 Å². The standard InChI is InChI=1S/C35H37F2N5O3/c1-2-19-5-3-6-20-11-23(43)12-24(29(19)20)25-13-28-30-32(31(25)37)39-34(45-18-35-9-4-10-41(35)15-21(36)14-35)40-33(30)42-16-22-7-8-26(38-22)27(42)17-44-28/h3,5-6,11-13,21-22,26-27,38,43H,2,4,7-10,14-18H2,1H3/t21-,22-,26?,27-,35-/m1/s1. The third kappa shape index (κ3) is 4.21. The molecule has 4 saturated heterocycles. The number of fused-ring (bicyclic) bond motifs is 7. The number of hydrogen-bond acceptors (Lipinski definition) is 8. The van der Waals surface area contributed by atoms with E-state index in [0.717, 1.165) is 61.5 Å². The van der Waals surface area contributed by atoms with Gasteiger partial charge in [0.2, 0.25) is 0 Å². The number of nitrogens with zero attached hydrogens (tertiary/aromatic N) is 4. The van der Waals surface area contributed by atoms with E-state index in [0.29, 0.717) is 53.7 Å². The summed E-state index contributed by atoms with van der Waals surface area (Å²) in [6, 6.07) is 11.7. The van der Waals surface area contributed by atoms with Crippen molar-refractivity contribution in [2.45, 2.75) is 75.3 Å². The molecule has 5 aliphatic rings. The van der Waals surface area contributed by atoms with Gasteiger partial charge in [0.25, 0.3) is 0 Å². The zero-order valence-corrected chi connectivity index (χ0v) is 25.4. The molecule has 10 heteroatoms. The molecule has 2 bridgehead atoms. The Morgan fingerprint density at radius 1 is 1.13 bits per heavy atom. The number of hydrogen-bond donors (Lipinski definition) is 2. The summed E-state index contributed by atoms with van der Waals surface area (Å²) in [6.07, 6.45) is 4.28. The van der Waals surface area contributed by atoms with Crippen LogP contribution >= 0.6 is 0 Å². The van der Waals surface area contributed by atoms with Crippen molar-refractivity contribution in [3.63, 3.8) is 0 Å². The van der Waals surface area contributed by atoms with Crippen molar-refractivity contribution in [2.24, 2.45) is 0 Å². The largest absolute Gasteiger partial charge is 0.508 e. The molecule has 8 nitrogen and oxygen atoms in total. The highest BCUT2D eigenvalue weighted by molar-refractivity contribution is 6.05. The zero-order valence-electron chi connectivity index (χ0n) is 25.4. The highest BCUT2D eigenvalue weighted by atomic mass is 19.1. The van der Waals surface area contributed by atoms with E-state index in [4.69, 9.17) is 19.4 Å². The summed E-state index contributed by atoms with van der Waals surface area (Å²) in [5, 5.41) is 16.7. The maximum Gasteiger partial charge on any atom is 0.319 e. The quantitative estimate of drug-likeness (QED) is 0.305. The van der Waals surface area contributed by atoms with Crippen molar-refractivity contribution in [2.75, 3.05) is 37.7 Å². The van der Waals surface area contributed by atoms with Crippen LogP contribution in [0, 0.1) is 5.82 Å². The molecule has 4 fully saturated rings. The van der Waals surface area contributed by atoms with E-state index in [-0.39, 0.29) is 41.5 Å². The average Bonchev–Trinajstić information content (AvgIpc) is 3.67. The summed E-state index contributed by atoms with van der Waals surface area (Å²) >= 11 is 0. The Bertz CT molecular complexity index is 1850. The molecule has 4 aromatic rings. The van der Waals surface area contributed by atoms with E-state index in [1.807, 2.05) is 18.2 Å². The average molecular weight is 614 g/mol. The first-order chi connectivity index (χ1) is 21.9. The van der Waals surface area contributed by atoms with Gasteiger partial charge in [-0.25, -0.2) is 8.78 Å². The summed E-state index contributed by atoms with van der Waals surface area (Å²) in [7, 11) is 0. The topological polar surface area (TPSA) is 83.0 Å². The number of phenolic OH excluding ortho intramolecular Hbond substituents is 1. The first-order valence-electron chi connectivity index (χ1n) is 16.4. The van der Waals surface area contributed by atoms with Crippen LogP contribution in [0.1, 0.15) is 44.6 Å². The van der Waals surface area contributed by atoms with Crippen LogP contribution in [0.25, 0.3) is 32.8 Å². The number of rotatable bonds is 5. The van der Waals surface area contributed by atoms with Crippen LogP contribution in [0.3, 0.4) is 0 Å². The van der Waals surface area contributed by atoms with E-state index in [1.54, 1.807) is 18.2 Å². The second-order valence-electron chi connectivity index (χ2n) is 13.6. The summed E-state index contributed by atoms with van der Waals surface area (Å²) in [6.45, 7) is 4.77. The summed E-state index contributed by atoms with van der Waals surface area (Å²) < 4.78 is 44.5. The van der Waals surface area contributed by atoms with Gasteiger partial charge in [-0.3, -0.25) is 4.90 Å². The first-order valence-corrected chi connectivity index (χ1v) is 16.4. The molecule has 5 aliphatic heterocycles. The number of nitrogens with one attached hydrogen (secondary N) is 1. The van der Waals surface area contributed by atoms with Gasteiger partial charge in [0.05, 0.1) is 17.0 Å². The number of halogens is 2. The SMILES string of the molecule is CCc1cccc2cc(O)cc(-c3cc4c5c(nc(OC[C@]67CCCN6C[C@H](F)C7)nc5c3F)N3C[C@H]5CCC(N5)[C@H]3CO4)c12. The van der Waals surface area contributed by atoms with Gasteiger partial charge < -0.3 is 24.8 Å². The predicted molar refractivity (Wildman–Crippen MR) is 169 cm³/mol. The molecule has 0 amide bonds. The number of anilines is 1. The highest BCUT2D eigenvalue weighted by Gasteiger charge is 2.50. The van der Waals surface area contributed by atoms with Gasteiger partial charge in [0.1, 0.15) is 42.2 Å². The van der Waals surface area contributed by atoms with Crippen LogP contribution in [0.2, 0.25) is 0 Å². The minimum atomic E-state index is -0.877. The molecule has 2 N–H and O–H groups in total. The number of benzene rings is 3. The Hall–Kier alpha value is -3.76. The number of alkyl halides is 1. The van der Waals surface area contributed by atoms with Gasteiger partial charge in [-0.1, -0.05) is 25.1 Å². The fraction of sp³-hybridized carbons (Fsp3) is 0.486. The molecule has 6 heterocycles. The van der Waals surface area contributed by atoms with Gasteiger partial charge in [-0.2, -0.15) is 9.97 Å². The third-order valence-corrected chi connectivity index (χ3v) is 11.0. The van der Waals surface area contributed by atoms with Crippen LogP contribution < -0.4 is 19.7 Å². The summed E-state index contributed by atoms with van der Waals surface area (Å²) in [5.74, 6) is 0.703. The van der Waals surface area contributed by atoms with Crippen molar-refractivity contribution in [3.05, 3.63) is 47.8 Å². The molecule has 0 radical (unpaired) electrons. The van der Waals surface area contributed by atoms with E-state index in [1.165, 1.54) is 0 Å². The Labute approximate surface area is 260 Å². The maximum absolute atomic E-state index is 17.1. The van der Waals surface area contributed by atoms with Gasteiger partial charge in [-0.05, 0) is 78.7 Å². The van der Waals surface area contributed by atoms with Crippen LogP contribution in [-0.4, -0.2) is 82.7 Å². The number of piperazine rings is 1. The molecule has 45 heavy (non-hydrogen) atoms. The second kappa shape index (κ2) is 10.1. The summed E-state index contributed by atoms with van der Waals surface area (Å²) in [4.78, 5) is 14.1. The molecule has 0 spiro atoms. The van der Waals surface area contributed by atoms with E-state index in [2.05, 4.69) is 22.0 Å². The lowest BCUT2D eigenvalue weighted by molar-refractivity contribution is 0.107. The molecule has 0 aliphatic carbocycles. The molecular formula is C35H37F2N5O3. The van der Waals surface area contributed by atoms with Gasteiger partial charge in [0.15, 0.2) is 5.82 Å². The fourth-order valence-electron chi connectivity index (χ4n) is 8.95. The van der Waals surface area contributed by atoms with Crippen LogP contribution in [0.15, 0.2) is 36.4 Å². The Balaban J connectivity index is 1.24. The van der Waals surface area contributed by atoms with Crippen molar-refractivity contribution in [3.8, 4) is 28.6 Å². The van der Waals surface area contributed by atoms with Crippen molar-refractivity contribution < 1.29 is 23.4 Å². The van der Waals surface area contributed by atoms with Gasteiger partial charge in [0, 0.05) is 37.2 Å². The molecule has 3 aromatic carbocycles. The second-order valence-corrected chi connectivity index (χ2v) is 13.6. The minimum Gasteiger partial charge on any atom is -0.508 e. The van der Waals surface area contributed by atoms with Crippen LogP contribution in [-0.2, 0) is 6.42 Å². The normalized spacial score (nSPS) is 28.7. The van der Waals surface area contributed by atoms with E-state index < -0.39 is 12.0 Å². The Kier molecular flexibility index (Phi) is 6.20. The first kappa shape index (κ1) is 27.5. The predicted octanol–water partition coefficient (Wildman–Crippen LogP) is 5.51. The number of ether oxygens (including phenoxy) is 2. The number of phenols is 1. The van der Waals surface area contributed by atoms with Crippen molar-refractivity contribution in [1.82, 2.24) is 20.2 Å². The smallest absolute Gasteiger partial charge is 0.319 e. The number of aromatic nitrogens is 2. The molecule has 1 aromatic heterocycles.